The average molecular weight is 404 g/mol. The summed E-state index contributed by atoms with van der Waals surface area (Å²) in [5.41, 5.74) is 4.53. The van der Waals surface area contributed by atoms with Gasteiger partial charge in [-0.05, 0) is 67.6 Å². The van der Waals surface area contributed by atoms with E-state index in [1.54, 1.807) is 24.0 Å². The van der Waals surface area contributed by atoms with E-state index in [9.17, 15) is 4.79 Å². The minimum absolute atomic E-state index is 0.323. The fourth-order valence-corrected chi connectivity index (χ4v) is 4.47. The summed E-state index contributed by atoms with van der Waals surface area (Å²) in [6.45, 7) is 4.09. The third kappa shape index (κ3) is 3.46. The Labute approximate surface area is 172 Å². The molecule has 0 spiro atoms. The molecule has 146 valence electrons. The van der Waals surface area contributed by atoms with Crippen LogP contribution in [-0.2, 0) is 5.75 Å². The molecule has 0 aliphatic heterocycles. The molecular formula is C22H20N4O2S. The van der Waals surface area contributed by atoms with Crippen LogP contribution in [-0.4, -0.2) is 19.7 Å². The van der Waals surface area contributed by atoms with Gasteiger partial charge in [0.15, 0.2) is 11.0 Å². The summed E-state index contributed by atoms with van der Waals surface area (Å²) in [5.74, 6) is 1.48. The number of rotatable bonds is 5. The normalized spacial score (nSPS) is 13.9. The lowest BCUT2D eigenvalue weighted by Gasteiger charge is -2.10. The Morgan fingerprint density at radius 2 is 2.00 bits per heavy atom. The van der Waals surface area contributed by atoms with Crippen molar-refractivity contribution in [1.29, 1.82) is 0 Å². The van der Waals surface area contributed by atoms with Crippen LogP contribution in [0.1, 0.15) is 35.6 Å². The first kappa shape index (κ1) is 18.1. The molecule has 4 aromatic rings. The molecular weight excluding hydrogens is 384 g/mol. The molecule has 0 N–H and O–H groups in total. The largest absolute Gasteiger partial charge is 0.423 e. The Morgan fingerprint density at radius 3 is 2.76 bits per heavy atom. The first-order chi connectivity index (χ1) is 14.1. The first-order valence-corrected chi connectivity index (χ1v) is 10.6. The predicted molar refractivity (Wildman–Crippen MR) is 113 cm³/mol. The molecule has 0 amide bonds. The lowest BCUT2D eigenvalue weighted by atomic mass is 10.0. The first-order valence-electron chi connectivity index (χ1n) is 9.62. The molecule has 0 radical (unpaired) electrons. The maximum atomic E-state index is 12.1. The van der Waals surface area contributed by atoms with Gasteiger partial charge in [-0.25, -0.2) is 4.79 Å². The zero-order valence-electron chi connectivity index (χ0n) is 16.3. The molecule has 0 unspecified atom stereocenters. The van der Waals surface area contributed by atoms with Gasteiger partial charge in [-0.1, -0.05) is 11.8 Å². The zero-order chi connectivity index (χ0) is 20.0. The van der Waals surface area contributed by atoms with Crippen molar-refractivity contribution >= 4 is 22.7 Å². The highest BCUT2D eigenvalue weighted by Crippen LogP contribution is 2.41. The number of pyridine rings is 1. The molecule has 0 saturated heterocycles. The molecule has 1 aliphatic carbocycles. The fraction of sp³-hybridized carbons (Fsp3) is 0.273. The van der Waals surface area contributed by atoms with Crippen LogP contribution in [0.15, 0.2) is 57.1 Å². The Balaban J connectivity index is 1.50. The van der Waals surface area contributed by atoms with Crippen LogP contribution in [0.5, 0.6) is 0 Å². The van der Waals surface area contributed by atoms with Crippen LogP contribution in [0.25, 0.3) is 22.4 Å². The topological polar surface area (TPSA) is 73.8 Å². The molecule has 0 bridgehead atoms. The number of aromatic nitrogens is 4. The summed E-state index contributed by atoms with van der Waals surface area (Å²) in [7, 11) is 0. The second kappa shape index (κ2) is 7.15. The van der Waals surface area contributed by atoms with Crippen LogP contribution >= 0.6 is 11.8 Å². The maximum absolute atomic E-state index is 12.1. The average Bonchev–Trinajstić information content (AvgIpc) is 3.47. The number of fused-ring (bicyclic) bond motifs is 1. The number of hydrogen-bond acceptors (Lipinski definition) is 6. The second-order valence-electron chi connectivity index (χ2n) is 7.46. The van der Waals surface area contributed by atoms with Gasteiger partial charge in [0.1, 0.15) is 5.58 Å². The van der Waals surface area contributed by atoms with E-state index in [1.165, 1.54) is 5.56 Å². The van der Waals surface area contributed by atoms with Gasteiger partial charge >= 0.3 is 5.63 Å². The summed E-state index contributed by atoms with van der Waals surface area (Å²) in [5, 5.41) is 10.7. The van der Waals surface area contributed by atoms with Gasteiger partial charge in [-0.15, -0.1) is 10.2 Å². The summed E-state index contributed by atoms with van der Waals surface area (Å²) in [6.07, 6.45) is 5.84. The summed E-state index contributed by atoms with van der Waals surface area (Å²) < 4.78 is 7.63. The minimum Gasteiger partial charge on any atom is -0.423 e. The Bertz CT molecular complexity index is 1260. The molecule has 0 atom stereocenters. The van der Waals surface area contributed by atoms with E-state index in [1.807, 2.05) is 31.3 Å². The molecule has 29 heavy (non-hydrogen) atoms. The SMILES string of the molecule is Cc1cc2oc(=O)cc(CSc3nnc(-c4cccnc4)n3C3CC3)c2cc1C. The van der Waals surface area contributed by atoms with Crippen molar-refractivity contribution in [3.05, 3.63) is 69.8 Å². The molecule has 3 heterocycles. The Kier molecular flexibility index (Phi) is 4.47. The lowest BCUT2D eigenvalue weighted by molar-refractivity contribution is 0.559. The Hall–Kier alpha value is -2.93. The molecule has 5 rings (SSSR count). The Morgan fingerprint density at radius 1 is 1.17 bits per heavy atom. The van der Waals surface area contributed by atoms with Crippen LogP contribution in [0.2, 0.25) is 0 Å². The summed E-state index contributed by atoms with van der Waals surface area (Å²) >= 11 is 1.61. The maximum Gasteiger partial charge on any atom is 0.336 e. The van der Waals surface area contributed by atoms with E-state index in [-0.39, 0.29) is 5.63 Å². The third-order valence-electron chi connectivity index (χ3n) is 5.30. The number of benzene rings is 1. The third-order valence-corrected chi connectivity index (χ3v) is 6.29. The van der Waals surface area contributed by atoms with Crippen LogP contribution in [0, 0.1) is 13.8 Å². The van der Waals surface area contributed by atoms with Gasteiger partial charge in [0.2, 0.25) is 0 Å². The number of nitrogens with zero attached hydrogens (tertiary/aromatic N) is 4. The van der Waals surface area contributed by atoms with E-state index in [2.05, 4.69) is 32.7 Å². The number of hydrogen-bond donors (Lipinski definition) is 0. The molecule has 3 aromatic heterocycles. The smallest absolute Gasteiger partial charge is 0.336 e. The molecule has 1 aromatic carbocycles. The lowest BCUT2D eigenvalue weighted by Crippen LogP contribution is -2.02. The fourth-order valence-electron chi connectivity index (χ4n) is 3.47. The predicted octanol–water partition coefficient (Wildman–Crippen LogP) is 4.69. The highest BCUT2D eigenvalue weighted by Gasteiger charge is 2.30. The zero-order valence-corrected chi connectivity index (χ0v) is 17.1. The van der Waals surface area contributed by atoms with Crippen molar-refractivity contribution in [2.45, 2.75) is 43.6 Å². The summed E-state index contributed by atoms with van der Waals surface area (Å²) in [4.78, 5) is 16.3. The number of thioether (sulfide) groups is 1. The quantitative estimate of drug-likeness (QED) is 0.355. The minimum atomic E-state index is -0.323. The van der Waals surface area contributed by atoms with E-state index >= 15 is 0 Å². The van der Waals surface area contributed by atoms with Crippen LogP contribution in [0.3, 0.4) is 0 Å². The monoisotopic (exact) mass is 404 g/mol. The van der Waals surface area contributed by atoms with E-state index in [4.69, 9.17) is 4.42 Å². The van der Waals surface area contributed by atoms with E-state index < -0.39 is 0 Å². The van der Waals surface area contributed by atoms with Gasteiger partial charge < -0.3 is 4.42 Å². The highest BCUT2D eigenvalue weighted by molar-refractivity contribution is 7.98. The van der Waals surface area contributed by atoms with Gasteiger partial charge in [0.25, 0.3) is 0 Å². The van der Waals surface area contributed by atoms with Crippen LogP contribution < -0.4 is 5.63 Å². The second-order valence-corrected chi connectivity index (χ2v) is 8.40. The summed E-state index contributed by atoms with van der Waals surface area (Å²) in [6, 6.07) is 9.97. The molecule has 6 nitrogen and oxygen atoms in total. The standard InChI is InChI=1S/C22H20N4O2S/c1-13-8-18-16(10-20(27)28-19(18)9-14(13)2)12-29-22-25-24-21(26(22)17-5-6-17)15-4-3-7-23-11-15/h3-4,7-11,17H,5-6,12H2,1-2H3. The van der Waals surface area contributed by atoms with Crippen molar-refractivity contribution < 1.29 is 4.42 Å². The molecule has 1 saturated carbocycles. The molecule has 7 heteroatoms. The van der Waals surface area contributed by atoms with Crippen molar-refractivity contribution in [2.75, 3.05) is 0 Å². The van der Waals surface area contributed by atoms with Gasteiger partial charge in [-0.3, -0.25) is 9.55 Å². The van der Waals surface area contributed by atoms with Crippen molar-refractivity contribution in [2.24, 2.45) is 0 Å². The van der Waals surface area contributed by atoms with E-state index in [0.29, 0.717) is 17.4 Å². The van der Waals surface area contributed by atoms with Crippen molar-refractivity contribution in [3.63, 3.8) is 0 Å². The molecule has 1 aliphatic rings. The van der Waals surface area contributed by atoms with Crippen molar-refractivity contribution in [3.8, 4) is 11.4 Å². The molecule has 1 fully saturated rings. The van der Waals surface area contributed by atoms with Crippen LogP contribution in [0.4, 0.5) is 0 Å². The van der Waals surface area contributed by atoms with Gasteiger partial charge in [-0.2, -0.15) is 0 Å². The number of aryl methyl sites for hydroxylation is 2. The highest BCUT2D eigenvalue weighted by atomic mass is 32.2. The van der Waals surface area contributed by atoms with Crippen molar-refractivity contribution in [1.82, 2.24) is 19.7 Å². The van der Waals surface area contributed by atoms with Gasteiger partial charge in [0, 0.05) is 41.2 Å². The van der Waals surface area contributed by atoms with Gasteiger partial charge in [0.05, 0.1) is 0 Å². The van der Waals surface area contributed by atoms with E-state index in [0.717, 1.165) is 45.9 Å².